The van der Waals surface area contributed by atoms with Gasteiger partial charge < -0.3 is 24.4 Å². The van der Waals surface area contributed by atoms with Crippen LogP contribution in [-0.4, -0.2) is 75.2 Å². The van der Waals surface area contributed by atoms with Gasteiger partial charge in [0.15, 0.2) is 0 Å². The van der Waals surface area contributed by atoms with Crippen molar-refractivity contribution in [1.29, 1.82) is 0 Å². The number of hydrogen-bond donors (Lipinski definition) is 1. The number of ether oxygens (including phenoxy) is 2. The highest BCUT2D eigenvalue weighted by Gasteiger charge is 2.79. The van der Waals surface area contributed by atoms with Gasteiger partial charge in [-0.2, -0.15) is 0 Å². The quantitative estimate of drug-likeness (QED) is 0.403. The molecule has 3 aliphatic rings. The van der Waals surface area contributed by atoms with Gasteiger partial charge in [-0.25, -0.2) is 0 Å². The molecule has 2 bridgehead atoms. The fraction of sp³-hybridized carbons (Fsp3) is 0.621. The highest BCUT2D eigenvalue weighted by atomic mass is 16.6. The molecule has 0 saturated carbocycles. The second kappa shape index (κ2) is 9.87. The average molecular weight is 513 g/mol. The predicted molar refractivity (Wildman–Crippen MR) is 138 cm³/mol. The molecule has 2 unspecified atom stereocenters. The van der Waals surface area contributed by atoms with Gasteiger partial charge in [0.2, 0.25) is 11.8 Å². The van der Waals surface area contributed by atoms with Crippen LogP contribution in [0, 0.1) is 11.8 Å². The Hall–Kier alpha value is -2.71. The zero-order valence-electron chi connectivity index (χ0n) is 22.6. The predicted octanol–water partition coefficient (Wildman–Crippen LogP) is 3.25. The summed E-state index contributed by atoms with van der Waals surface area (Å²) in [4.78, 5) is 45.5. The van der Waals surface area contributed by atoms with Crippen LogP contribution in [0.1, 0.15) is 65.5 Å². The number of likely N-dealkylation sites (tertiary alicyclic amines) is 1. The van der Waals surface area contributed by atoms with Gasteiger partial charge in [-0.1, -0.05) is 43.3 Å². The van der Waals surface area contributed by atoms with Crippen molar-refractivity contribution in [2.45, 2.75) is 82.7 Å². The van der Waals surface area contributed by atoms with Gasteiger partial charge >= 0.3 is 5.97 Å². The molecular weight excluding hydrogens is 472 g/mol. The molecule has 8 heteroatoms. The Labute approximate surface area is 219 Å². The lowest BCUT2D eigenvalue weighted by molar-refractivity contribution is -0.164. The van der Waals surface area contributed by atoms with Crippen LogP contribution in [0.5, 0.6) is 0 Å². The van der Waals surface area contributed by atoms with Gasteiger partial charge in [0.05, 0.1) is 30.8 Å². The van der Waals surface area contributed by atoms with Crippen molar-refractivity contribution >= 4 is 17.8 Å². The summed E-state index contributed by atoms with van der Waals surface area (Å²) in [6.45, 7) is 13.4. The lowest BCUT2D eigenvalue weighted by Crippen LogP contribution is -2.60. The van der Waals surface area contributed by atoms with E-state index in [4.69, 9.17) is 9.47 Å². The molecule has 1 N–H and O–H groups in total. The van der Waals surface area contributed by atoms with Gasteiger partial charge in [-0.05, 0) is 52.5 Å². The van der Waals surface area contributed by atoms with E-state index in [9.17, 15) is 19.5 Å². The molecular formula is C29H40N2O6. The van der Waals surface area contributed by atoms with Gasteiger partial charge in [0, 0.05) is 12.1 Å². The molecule has 0 aliphatic carbocycles. The SMILES string of the molecule is C=CCN(C(=O)C1N([C@H](CO)c2ccccc2)C(=O)[C@@H]2[C@H](C(=O)OCC)[C@]3(CC)CCC12O3)C(C)(C)C. The summed E-state index contributed by atoms with van der Waals surface area (Å²) in [5.74, 6) is -2.75. The van der Waals surface area contributed by atoms with Crippen molar-refractivity contribution in [2.24, 2.45) is 11.8 Å². The first-order valence-electron chi connectivity index (χ1n) is 13.3. The second-order valence-corrected chi connectivity index (χ2v) is 11.3. The van der Waals surface area contributed by atoms with E-state index in [-0.39, 0.29) is 31.6 Å². The van der Waals surface area contributed by atoms with Crippen molar-refractivity contribution in [2.75, 3.05) is 19.8 Å². The van der Waals surface area contributed by atoms with E-state index < -0.39 is 46.6 Å². The first-order valence-corrected chi connectivity index (χ1v) is 13.3. The van der Waals surface area contributed by atoms with Crippen LogP contribution in [0.4, 0.5) is 0 Å². The molecule has 3 saturated heterocycles. The Balaban J connectivity index is 1.91. The minimum absolute atomic E-state index is 0.190. The first kappa shape index (κ1) is 27.3. The van der Waals surface area contributed by atoms with Crippen LogP contribution < -0.4 is 0 Å². The molecule has 4 rings (SSSR count). The molecule has 2 amide bonds. The fourth-order valence-corrected chi connectivity index (χ4v) is 6.86. The Morgan fingerprint density at radius 1 is 1.27 bits per heavy atom. The van der Waals surface area contributed by atoms with Crippen LogP contribution in [0.25, 0.3) is 0 Å². The third-order valence-electron chi connectivity index (χ3n) is 8.47. The van der Waals surface area contributed by atoms with Crippen LogP contribution >= 0.6 is 0 Å². The topological polar surface area (TPSA) is 96.4 Å². The number of carbonyl (C=O) groups excluding carboxylic acids is 3. The maximum absolute atomic E-state index is 14.5. The standard InChI is InChI=1S/C29H40N2O6/c1-7-17-30(27(4,5)6)25(34)23-29-16-15-28(8-2,37-29)22(26(35)36-9-3)21(29)24(33)31(23)20(18-32)19-13-11-10-12-14-19/h7,10-14,20-23,32H,1,8-9,15-18H2,2-6H3/t20-,21+,22-,23?,28+,29?/m1/s1. The van der Waals surface area contributed by atoms with Crippen molar-refractivity contribution in [3.63, 3.8) is 0 Å². The molecule has 1 spiro atoms. The molecule has 3 aliphatic heterocycles. The normalized spacial score (nSPS) is 31.2. The summed E-state index contributed by atoms with van der Waals surface area (Å²) in [6, 6.07) is 7.43. The zero-order valence-corrected chi connectivity index (χ0v) is 22.6. The van der Waals surface area contributed by atoms with Crippen LogP contribution in [0.2, 0.25) is 0 Å². The Kier molecular flexibility index (Phi) is 7.29. The Morgan fingerprint density at radius 3 is 2.49 bits per heavy atom. The molecule has 0 aromatic heterocycles. The summed E-state index contributed by atoms with van der Waals surface area (Å²) in [5.41, 5.74) is -1.89. The van der Waals surface area contributed by atoms with Crippen molar-refractivity contribution in [1.82, 2.24) is 9.80 Å². The number of aliphatic hydroxyl groups is 1. The molecule has 8 nitrogen and oxygen atoms in total. The number of benzene rings is 1. The van der Waals surface area contributed by atoms with E-state index in [1.165, 1.54) is 4.90 Å². The molecule has 0 radical (unpaired) electrons. The number of nitrogens with zero attached hydrogens (tertiary/aromatic N) is 2. The van der Waals surface area contributed by atoms with Gasteiger partial charge in [0.1, 0.15) is 17.6 Å². The molecule has 3 fully saturated rings. The van der Waals surface area contributed by atoms with Crippen molar-refractivity contribution < 1.29 is 29.0 Å². The third kappa shape index (κ3) is 4.09. The van der Waals surface area contributed by atoms with Crippen molar-refractivity contribution in [3.8, 4) is 0 Å². The number of esters is 1. The van der Waals surface area contributed by atoms with Gasteiger partial charge in [-0.3, -0.25) is 14.4 Å². The number of aliphatic hydroxyl groups excluding tert-OH is 1. The third-order valence-corrected chi connectivity index (χ3v) is 8.47. The molecule has 37 heavy (non-hydrogen) atoms. The van der Waals surface area contributed by atoms with E-state index in [1.54, 1.807) is 17.9 Å². The molecule has 3 heterocycles. The van der Waals surface area contributed by atoms with E-state index >= 15 is 0 Å². The van der Waals surface area contributed by atoms with E-state index in [1.807, 2.05) is 58.0 Å². The summed E-state index contributed by atoms with van der Waals surface area (Å²) in [6.07, 6.45) is 3.22. The van der Waals surface area contributed by atoms with Gasteiger partial charge in [0.25, 0.3) is 0 Å². The number of fused-ring (bicyclic) bond motifs is 1. The second-order valence-electron chi connectivity index (χ2n) is 11.3. The lowest BCUT2D eigenvalue weighted by Gasteiger charge is -2.43. The average Bonchev–Trinajstić information content (AvgIpc) is 3.47. The summed E-state index contributed by atoms with van der Waals surface area (Å²) >= 11 is 0. The Morgan fingerprint density at radius 2 is 1.95 bits per heavy atom. The van der Waals surface area contributed by atoms with Crippen molar-refractivity contribution in [3.05, 3.63) is 48.6 Å². The largest absolute Gasteiger partial charge is 0.466 e. The Bertz CT molecular complexity index is 1050. The highest BCUT2D eigenvalue weighted by Crippen LogP contribution is 2.65. The minimum atomic E-state index is -1.19. The molecule has 1 aromatic carbocycles. The summed E-state index contributed by atoms with van der Waals surface area (Å²) in [5, 5.41) is 10.6. The first-order chi connectivity index (χ1) is 17.5. The maximum Gasteiger partial charge on any atom is 0.312 e. The van der Waals surface area contributed by atoms with Crippen LogP contribution in [0.15, 0.2) is 43.0 Å². The van der Waals surface area contributed by atoms with E-state index in [2.05, 4.69) is 6.58 Å². The van der Waals surface area contributed by atoms with Crippen LogP contribution in [-0.2, 0) is 23.9 Å². The monoisotopic (exact) mass is 512 g/mol. The zero-order chi connectivity index (χ0) is 27.2. The highest BCUT2D eigenvalue weighted by molar-refractivity contribution is 5.99. The smallest absolute Gasteiger partial charge is 0.312 e. The minimum Gasteiger partial charge on any atom is -0.466 e. The summed E-state index contributed by atoms with van der Waals surface area (Å²) in [7, 11) is 0. The van der Waals surface area contributed by atoms with E-state index in [0.717, 1.165) is 0 Å². The molecule has 6 atom stereocenters. The molecule has 202 valence electrons. The number of rotatable bonds is 9. The number of carbonyl (C=O) groups is 3. The molecule has 1 aromatic rings. The summed E-state index contributed by atoms with van der Waals surface area (Å²) < 4.78 is 12.2. The van der Waals surface area contributed by atoms with E-state index in [0.29, 0.717) is 24.8 Å². The lowest BCUT2D eigenvalue weighted by atomic mass is 9.65. The van der Waals surface area contributed by atoms with Gasteiger partial charge in [-0.15, -0.1) is 6.58 Å². The van der Waals surface area contributed by atoms with Crippen LogP contribution in [0.3, 0.4) is 0 Å². The maximum atomic E-state index is 14.5. The number of amides is 2. The number of hydrogen-bond acceptors (Lipinski definition) is 6. The fourth-order valence-electron chi connectivity index (χ4n) is 6.86.